The molecule has 0 bridgehead atoms. The second kappa shape index (κ2) is 4.39. The molecule has 0 aromatic carbocycles. The zero-order valence-electron chi connectivity index (χ0n) is 9.21. The third kappa shape index (κ3) is 2.53. The fourth-order valence-corrected chi connectivity index (χ4v) is 1.15. The lowest BCUT2D eigenvalue weighted by Crippen LogP contribution is -2.42. The van der Waals surface area contributed by atoms with Gasteiger partial charge in [-0.3, -0.25) is 4.79 Å². The molecule has 0 saturated heterocycles. The van der Waals surface area contributed by atoms with E-state index in [1.807, 2.05) is 13.8 Å². The molecule has 6 nitrogen and oxygen atoms in total. The fourth-order valence-electron chi connectivity index (χ4n) is 1.15. The summed E-state index contributed by atoms with van der Waals surface area (Å²) >= 11 is 0. The summed E-state index contributed by atoms with van der Waals surface area (Å²) in [5, 5.41) is 4.23. The number of primary amides is 1. The number of hydrogen-bond donors (Lipinski definition) is 2. The van der Waals surface area contributed by atoms with Gasteiger partial charge in [-0.05, 0) is 6.92 Å². The summed E-state index contributed by atoms with van der Waals surface area (Å²) in [6.07, 6.45) is 1.57. The Morgan fingerprint density at radius 3 is 2.47 bits per heavy atom. The Morgan fingerprint density at radius 1 is 1.47 bits per heavy atom. The van der Waals surface area contributed by atoms with Gasteiger partial charge in [0.05, 0.1) is 6.04 Å². The topological polar surface area (TPSA) is 99.8 Å². The van der Waals surface area contributed by atoms with Crippen molar-refractivity contribution in [2.24, 2.45) is 11.5 Å². The Balaban J connectivity index is 2.82. The van der Waals surface area contributed by atoms with Gasteiger partial charge in [-0.15, -0.1) is 0 Å². The largest absolute Gasteiger partial charge is 0.368 e. The molecule has 0 fully saturated rings. The summed E-state index contributed by atoms with van der Waals surface area (Å²) < 4.78 is 1.57. The highest BCUT2D eigenvalue weighted by molar-refractivity contribution is 5.80. The minimum absolute atomic E-state index is 0.253. The lowest BCUT2D eigenvalue weighted by atomic mass is 10.1. The van der Waals surface area contributed by atoms with Gasteiger partial charge in [0.2, 0.25) is 5.91 Å². The van der Waals surface area contributed by atoms with E-state index in [1.165, 1.54) is 0 Å². The van der Waals surface area contributed by atoms with E-state index < -0.39 is 11.9 Å². The van der Waals surface area contributed by atoms with Crippen LogP contribution in [0.3, 0.4) is 0 Å². The lowest BCUT2D eigenvalue weighted by molar-refractivity contribution is -0.120. The molecular weight excluding hydrogens is 194 g/mol. The van der Waals surface area contributed by atoms with Gasteiger partial charge < -0.3 is 11.5 Å². The number of hydrogen-bond acceptors (Lipinski definition) is 4. The maximum absolute atomic E-state index is 10.9. The van der Waals surface area contributed by atoms with Gasteiger partial charge in [-0.2, -0.15) is 5.10 Å². The number of rotatable bonds is 4. The van der Waals surface area contributed by atoms with Gasteiger partial charge in [-0.25, -0.2) is 9.67 Å². The van der Waals surface area contributed by atoms with Gasteiger partial charge in [0.25, 0.3) is 0 Å². The van der Waals surface area contributed by atoms with Crippen LogP contribution in [0, 0.1) is 0 Å². The molecule has 4 N–H and O–H groups in total. The average molecular weight is 211 g/mol. The Morgan fingerprint density at radius 2 is 2.07 bits per heavy atom. The van der Waals surface area contributed by atoms with Crippen LogP contribution in [0.1, 0.15) is 38.6 Å². The highest BCUT2D eigenvalue weighted by Crippen LogP contribution is 2.11. The van der Waals surface area contributed by atoms with Crippen molar-refractivity contribution in [2.75, 3.05) is 0 Å². The first-order chi connectivity index (χ1) is 6.93. The first-order valence-electron chi connectivity index (χ1n) is 4.89. The average Bonchev–Trinajstić information content (AvgIpc) is 2.64. The van der Waals surface area contributed by atoms with Gasteiger partial charge >= 0.3 is 0 Å². The summed E-state index contributed by atoms with van der Waals surface area (Å²) in [6.45, 7) is 5.78. The van der Waals surface area contributed by atoms with Crippen LogP contribution in [0.15, 0.2) is 6.33 Å². The van der Waals surface area contributed by atoms with Crippen molar-refractivity contribution in [3.8, 4) is 0 Å². The molecule has 0 saturated carbocycles. The van der Waals surface area contributed by atoms with Crippen molar-refractivity contribution in [2.45, 2.75) is 38.8 Å². The van der Waals surface area contributed by atoms with E-state index in [2.05, 4.69) is 10.1 Å². The van der Waals surface area contributed by atoms with Crippen molar-refractivity contribution in [1.29, 1.82) is 0 Å². The first kappa shape index (κ1) is 11.6. The van der Waals surface area contributed by atoms with Gasteiger partial charge in [0.15, 0.2) is 5.82 Å². The highest BCUT2D eigenvalue weighted by Gasteiger charge is 2.21. The van der Waals surface area contributed by atoms with Gasteiger partial charge in [0.1, 0.15) is 12.4 Å². The molecule has 1 aromatic rings. The van der Waals surface area contributed by atoms with Crippen LogP contribution in [-0.2, 0) is 4.79 Å². The molecule has 1 aromatic heterocycles. The van der Waals surface area contributed by atoms with E-state index in [9.17, 15) is 4.79 Å². The summed E-state index contributed by atoms with van der Waals surface area (Å²) in [7, 11) is 0. The lowest BCUT2D eigenvalue weighted by Gasteiger charge is -2.16. The number of aromatic nitrogens is 3. The van der Waals surface area contributed by atoms with Crippen LogP contribution in [0.2, 0.25) is 0 Å². The van der Waals surface area contributed by atoms with Gasteiger partial charge in [0, 0.05) is 5.92 Å². The first-order valence-corrected chi connectivity index (χ1v) is 4.89. The molecule has 84 valence electrons. The summed E-state index contributed by atoms with van der Waals surface area (Å²) in [4.78, 5) is 15.0. The van der Waals surface area contributed by atoms with Gasteiger partial charge in [-0.1, -0.05) is 13.8 Å². The summed E-state index contributed by atoms with van der Waals surface area (Å²) in [6, 6.07) is -1.02. The quantitative estimate of drug-likeness (QED) is 0.718. The zero-order chi connectivity index (χ0) is 11.6. The number of nitrogens with two attached hydrogens (primary N) is 2. The third-order valence-electron chi connectivity index (χ3n) is 2.31. The molecule has 0 spiro atoms. The number of carbonyl (C=O) groups excluding carboxylic acids is 1. The normalized spacial score (nSPS) is 15.3. The molecule has 1 heterocycles. The number of nitrogens with zero attached hydrogens (tertiary/aromatic N) is 3. The predicted molar refractivity (Wildman–Crippen MR) is 56.0 cm³/mol. The maximum atomic E-state index is 10.9. The molecule has 0 aliphatic heterocycles. The van der Waals surface area contributed by atoms with E-state index in [0.29, 0.717) is 0 Å². The zero-order valence-corrected chi connectivity index (χ0v) is 9.21. The third-order valence-corrected chi connectivity index (χ3v) is 2.31. The van der Waals surface area contributed by atoms with Crippen molar-refractivity contribution in [3.05, 3.63) is 12.2 Å². The molecule has 0 aliphatic carbocycles. The van der Waals surface area contributed by atoms with E-state index in [4.69, 9.17) is 11.5 Å². The van der Waals surface area contributed by atoms with Crippen LogP contribution < -0.4 is 11.5 Å². The molecule has 1 amide bonds. The smallest absolute Gasteiger partial charge is 0.236 e. The Kier molecular flexibility index (Phi) is 3.41. The molecule has 0 radical (unpaired) electrons. The second-order valence-corrected chi connectivity index (χ2v) is 3.91. The molecular formula is C9H17N5O. The molecule has 0 aliphatic rings. The molecule has 2 unspecified atom stereocenters. The Labute approximate surface area is 88.7 Å². The molecule has 6 heteroatoms. The monoisotopic (exact) mass is 211 g/mol. The second-order valence-electron chi connectivity index (χ2n) is 3.91. The van der Waals surface area contributed by atoms with Crippen LogP contribution in [0.4, 0.5) is 0 Å². The van der Waals surface area contributed by atoms with Crippen LogP contribution in [-0.4, -0.2) is 26.7 Å². The van der Waals surface area contributed by atoms with Crippen LogP contribution in [0.5, 0.6) is 0 Å². The number of carbonyl (C=O) groups is 1. The van der Waals surface area contributed by atoms with E-state index in [-0.39, 0.29) is 12.0 Å². The van der Waals surface area contributed by atoms with E-state index in [0.717, 1.165) is 5.82 Å². The molecule has 2 atom stereocenters. The standard InChI is InChI=1S/C9H17N5O/c1-5(2)9-12-4-14(13-9)6(3)7(10)8(11)15/h4-7H,10H2,1-3H3,(H2,11,15). The maximum Gasteiger partial charge on any atom is 0.236 e. The van der Waals surface area contributed by atoms with Crippen LogP contribution >= 0.6 is 0 Å². The van der Waals surface area contributed by atoms with E-state index >= 15 is 0 Å². The summed E-state index contributed by atoms with van der Waals surface area (Å²) in [5.41, 5.74) is 10.7. The Hall–Kier alpha value is -1.43. The van der Waals surface area contributed by atoms with Crippen LogP contribution in [0.25, 0.3) is 0 Å². The minimum Gasteiger partial charge on any atom is -0.368 e. The van der Waals surface area contributed by atoms with Crippen molar-refractivity contribution in [1.82, 2.24) is 14.8 Å². The summed E-state index contributed by atoms with van der Waals surface area (Å²) in [5.74, 6) is 0.450. The van der Waals surface area contributed by atoms with Crippen molar-refractivity contribution >= 4 is 5.91 Å². The SMILES string of the molecule is CC(C)c1ncn(C(C)C(N)C(N)=O)n1. The van der Waals surface area contributed by atoms with E-state index in [1.54, 1.807) is 17.9 Å². The fraction of sp³-hybridized carbons (Fsp3) is 0.667. The number of amides is 1. The molecule has 15 heavy (non-hydrogen) atoms. The molecule has 1 rings (SSSR count). The van der Waals surface area contributed by atoms with Crippen molar-refractivity contribution in [3.63, 3.8) is 0 Å². The highest BCUT2D eigenvalue weighted by atomic mass is 16.1. The minimum atomic E-state index is -0.744. The predicted octanol–water partition coefficient (Wildman–Crippen LogP) is -0.225. The van der Waals surface area contributed by atoms with Crippen molar-refractivity contribution < 1.29 is 4.79 Å². The Bertz CT molecular complexity index is 346.